The second-order valence-corrected chi connectivity index (χ2v) is 7.99. The molecule has 0 amide bonds. The van der Waals surface area contributed by atoms with Crippen molar-refractivity contribution in [2.75, 3.05) is 6.54 Å². The van der Waals surface area contributed by atoms with Crippen LogP contribution in [0.5, 0.6) is 0 Å². The molecule has 1 aromatic heterocycles. The van der Waals surface area contributed by atoms with E-state index < -0.39 is 11.7 Å². The smallest absolute Gasteiger partial charge is 0.306 e. The van der Waals surface area contributed by atoms with Gasteiger partial charge in [-0.25, -0.2) is 0 Å². The molecular weight excluding hydrogens is 385 g/mol. The van der Waals surface area contributed by atoms with Crippen LogP contribution in [0.4, 0.5) is 13.2 Å². The zero-order valence-corrected chi connectivity index (χ0v) is 17.6. The third-order valence-electron chi connectivity index (χ3n) is 5.69. The normalized spacial score (nSPS) is 15.9. The summed E-state index contributed by atoms with van der Waals surface area (Å²) in [6.45, 7) is 3.00. The van der Waals surface area contributed by atoms with Gasteiger partial charge in [-0.1, -0.05) is 76.1 Å². The highest BCUT2D eigenvalue weighted by molar-refractivity contribution is 5.91. The van der Waals surface area contributed by atoms with E-state index in [0.29, 0.717) is 5.57 Å². The summed E-state index contributed by atoms with van der Waals surface area (Å²) in [5.41, 5.74) is 1.92. The Bertz CT molecular complexity index is 842. The summed E-state index contributed by atoms with van der Waals surface area (Å²) < 4.78 is 40.7. The molecule has 0 saturated heterocycles. The highest BCUT2D eigenvalue weighted by Crippen LogP contribution is 2.43. The fraction of sp³-hybridized carbons (Fsp3) is 0.480. The zero-order valence-electron chi connectivity index (χ0n) is 17.6. The highest BCUT2D eigenvalue weighted by Gasteiger charge is 2.37. The van der Waals surface area contributed by atoms with E-state index in [1.807, 2.05) is 30.3 Å². The van der Waals surface area contributed by atoms with Crippen molar-refractivity contribution in [3.8, 4) is 0 Å². The maximum atomic E-state index is 13.6. The van der Waals surface area contributed by atoms with Crippen molar-refractivity contribution < 1.29 is 13.2 Å². The Morgan fingerprint density at radius 1 is 0.900 bits per heavy atom. The lowest BCUT2D eigenvalue weighted by Crippen LogP contribution is -2.23. The van der Waals surface area contributed by atoms with Gasteiger partial charge in [-0.15, -0.1) is 0 Å². The van der Waals surface area contributed by atoms with Crippen LogP contribution in [-0.4, -0.2) is 11.5 Å². The summed E-state index contributed by atoms with van der Waals surface area (Å²) in [5.74, 6) is 0. The Morgan fingerprint density at radius 3 is 2.33 bits per heavy atom. The number of pyridine rings is 1. The van der Waals surface area contributed by atoms with Crippen LogP contribution in [-0.2, 0) is 6.18 Å². The average molecular weight is 417 g/mol. The number of unbranched alkanes of at least 4 members (excludes halogenated alkanes) is 7. The van der Waals surface area contributed by atoms with Crippen molar-refractivity contribution >= 4 is 11.6 Å². The van der Waals surface area contributed by atoms with Gasteiger partial charge >= 0.3 is 6.18 Å². The van der Waals surface area contributed by atoms with Gasteiger partial charge in [0.15, 0.2) is 0 Å². The van der Waals surface area contributed by atoms with E-state index in [0.717, 1.165) is 36.6 Å². The summed E-state index contributed by atoms with van der Waals surface area (Å²) in [4.78, 5) is 4.13. The number of fused-ring (bicyclic) bond motifs is 1. The minimum absolute atomic E-state index is 0.0228. The number of halogens is 3. The van der Waals surface area contributed by atoms with Crippen LogP contribution in [0.2, 0.25) is 0 Å². The quantitative estimate of drug-likeness (QED) is 0.385. The molecule has 0 radical (unpaired) electrons. The lowest BCUT2D eigenvalue weighted by molar-refractivity contribution is -0.138. The number of alkyl halides is 3. The van der Waals surface area contributed by atoms with Crippen LogP contribution in [0.1, 0.15) is 86.7 Å². The molecule has 162 valence electrons. The second kappa shape index (κ2) is 10.8. The molecule has 2 nitrogen and oxygen atoms in total. The second-order valence-electron chi connectivity index (χ2n) is 7.99. The van der Waals surface area contributed by atoms with E-state index in [9.17, 15) is 13.2 Å². The van der Waals surface area contributed by atoms with Gasteiger partial charge in [-0.2, -0.15) is 13.2 Å². The van der Waals surface area contributed by atoms with E-state index in [2.05, 4.69) is 17.2 Å². The lowest BCUT2D eigenvalue weighted by atomic mass is 9.98. The Hall–Kier alpha value is -2.14. The van der Waals surface area contributed by atoms with Gasteiger partial charge in [0.2, 0.25) is 0 Å². The molecule has 1 aromatic carbocycles. The molecule has 0 saturated carbocycles. The summed E-state index contributed by atoms with van der Waals surface area (Å²) in [6.07, 6.45) is 8.67. The third kappa shape index (κ3) is 5.72. The van der Waals surface area contributed by atoms with E-state index in [1.54, 1.807) is 0 Å². The maximum absolute atomic E-state index is 13.6. The van der Waals surface area contributed by atoms with Crippen molar-refractivity contribution in [2.24, 2.45) is 0 Å². The van der Waals surface area contributed by atoms with Gasteiger partial charge in [0.1, 0.15) is 0 Å². The van der Waals surface area contributed by atoms with E-state index in [4.69, 9.17) is 0 Å². The van der Waals surface area contributed by atoms with Crippen LogP contribution in [0.25, 0.3) is 11.6 Å². The molecule has 1 unspecified atom stereocenters. The zero-order chi connectivity index (χ0) is 21.4. The van der Waals surface area contributed by atoms with Crippen LogP contribution in [0, 0.1) is 0 Å². The lowest BCUT2D eigenvalue weighted by Gasteiger charge is -2.21. The van der Waals surface area contributed by atoms with Crippen molar-refractivity contribution in [1.29, 1.82) is 0 Å². The summed E-state index contributed by atoms with van der Waals surface area (Å²) in [6, 6.07) is 9.98. The van der Waals surface area contributed by atoms with E-state index >= 15 is 0 Å². The fourth-order valence-electron chi connectivity index (χ4n) is 4.12. The van der Waals surface area contributed by atoms with Gasteiger partial charge in [0.05, 0.1) is 17.3 Å². The van der Waals surface area contributed by atoms with Gasteiger partial charge in [-0.05, 0) is 42.3 Å². The molecule has 2 aromatic rings. The molecular formula is C25H31F3N2. The Morgan fingerprint density at radius 2 is 1.60 bits per heavy atom. The first kappa shape index (κ1) is 22.5. The minimum atomic E-state index is -4.43. The van der Waals surface area contributed by atoms with E-state index in [-0.39, 0.29) is 11.7 Å². The molecule has 30 heavy (non-hydrogen) atoms. The van der Waals surface area contributed by atoms with Gasteiger partial charge in [0, 0.05) is 11.8 Å². The third-order valence-corrected chi connectivity index (χ3v) is 5.69. The predicted molar refractivity (Wildman–Crippen MR) is 117 cm³/mol. The van der Waals surface area contributed by atoms with Crippen molar-refractivity contribution in [1.82, 2.24) is 10.3 Å². The molecule has 0 aliphatic heterocycles. The first-order valence-electron chi connectivity index (χ1n) is 11.1. The molecule has 1 N–H and O–H groups in total. The largest absolute Gasteiger partial charge is 0.418 e. The molecule has 0 bridgehead atoms. The molecule has 5 heteroatoms. The molecule has 0 fully saturated rings. The number of aromatic nitrogens is 1. The summed E-state index contributed by atoms with van der Waals surface area (Å²) in [7, 11) is 0. The number of hydrogen-bond donors (Lipinski definition) is 1. The molecule has 0 spiro atoms. The summed E-state index contributed by atoms with van der Waals surface area (Å²) in [5, 5.41) is 3.50. The molecule has 3 rings (SSSR count). The number of rotatable bonds is 11. The number of nitrogens with zero attached hydrogens (tertiary/aromatic N) is 1. The first-order chi connectivity index (χ1) is 14.5. The van der Waals surface area contributed by atoms with Gasteiger partial charge < -0.3 is 5.32 Å². The molecule has 1 aliphatic rings. The van der Waals surface area contributed by atoms with Crippen molar-refractivity contribution in [2.45, 2.75) is 70.5 Å². The van der Waals surface area contributed by atoms with Gasteiger partial charge in [0.25, 0.3) is 0 Å². The number of nitrogens with one attached hydrogen (secondary N) is 1. The Balaban J connectivity index is 1.65. The summed E-state index contributed by atoms with van der Waals surface area (Å²) >= 11 is 0. The first-order valence-corrected chi connectivity index (χ1v) is 11.1. The van der Waals surface area contributed by atoms with E-state index in [1.165, 1.54) is 50.8 Å². The highest BCUT2D eigenvalue weighted by atomic mass is 19.4. The van der Waals surface area contributed by atoms with Crippen molar-refractivity contribution in [3.05, 3.63) is 65.0 Å². The SMILES string of the molecule is CCCCCCCCCCNC1C(c2ncccc2C(F)(F)F)=Cc2ccccc21. The standard InChI is InChI=1S/C25H31F3N2/c1-2-3-4-5-6-7-8-11-16-29-23-20-14-10-9-13-19(20)18-21(23)24-22(25(26,27)28)15-12-17-30-24/h9-10,12-15,17-18,23,29H,2-8,11,16H2,1H3. The van der Waals surface area contributed by atoms with Crippen molar-refractivity contribution in [3.63, 3.8) is 0 Å². The van der Waals surface area contributed by atoms with Crippen LogP contribution >= 0.6 is 0 Å². The van der Waals surface area contributed by atoms with Crippen LogP contribution in [0.3, 0.4) is 0 Å². The molecule has 1 aliphatic carbocycles. The van der Waals surface area contributed by atoms with Gasteiger partial charge in [-0.3, -0.25) is 4.98 Å². The molecule has 1 heterocycles. The predicted octanol–water partition coefficient (Wildman–Crippen LogP) is 7.43. The minimum Gasteiger partial charge on any atom is -0.306 e. The fourth-order valence-corrected chi connectivity index (χ4v) is 4.12. The number of benzene rings is 1. The monoisotopic (exact) mass is 416 g/mol. The maximum Gasteiger partial charge on any atom is 0.418 e. The van der Waals surface area contributed by atoms with Crippen LogP contribution < -0.4 is 5.32 Å². The van der Waals surface area contributed by atoms with Crippen LogP contribution in [0.15, 0.2) is 42.6 Å². The Labute approximate surface area is 177 Å². The molecule has 1 atom stereocenters. The average Bonchev–Trinajstić information content (AvgIpc) is 3.10. The Kier molecular flexibility index (Phi) is 8.08. The number of hydrogen-bond acceptors (Lipinski definition) is 2. The topological polar surface area (TPSA) is 24.9 Å².